The monoisotopic (exact) mass is 234 g/mol. The van der Waals surface area contributed by atoms with Crippen molar-refractivity contribution in [1.82, 2.24) is 4.90 Å². The van der Waals surface area contributed by atoms with E-state index >= 15 is 0 Å². The molecule has 0 bridgehead atoms. The lowest BCUT2D eigenvalue weighted by Crippen LogP contribution is -2.31. The number of nitrogens with one attached hydrogen (secondary N) is 1. The molecule has 2 N–H and O–H groups in total. The Kier molecular flexibility index (Phi) is 2.99. The fraction of sp³-hybridized carbons (Fsp3) is 0.333. The molecule has 0 saturated carbocycles. The fourth-order valence-corrected chi connectivity index (χ4v) is 1.92. The lowest BCUT2D eigenvalue weighted by Gasteiger charge is -2.15. The number of hydrogen-bond donors (Lipinski definition) is 2. The van der Waals surface area contributed by atoms with E-state index in [0.717, 1.165) is 18.7 Å². The quantitative estimate of drug-likeness (QED) is 0.812. The zero-order chi connectivity index (χ0) is 12.4. The molecule has 1 aromatic rings. The molecule has 0 unspecified atom stereocenters. The number of benzene rings is 1. The standard InChI is InChI=1S/C12H14N2O3/c1-14(7-11(15)16)12(17)9-3-2-8-4-5-13-10(8)6-9/h2-3,6,13H,4-5,7H2,1H3,(H,15,16). The van der Waals surface area contributed by atoms with Gasteiger partial charge in [0.05, 0.1) is 0 Å². The van der Waals surface area contributed by atoms with Gasteiger partial charge in [0.25, 0.3) is 5.91 Å². The Bertz CT molecular complexity index is 471. The molecule has 5 heteroatoms. The number of nitrogens with zero attached hydrogens (tertiary/aromatic N) is 1. The highest BCUT2D eigenvalue weighted by Crippen LogP contribution is 2.23. The van der Waals surface area contributed by atoms with E-state index in [1.54, 1.807) is 12.1 Å². The zero-order valence-electron chi connectivity index (χ0n) is 9.56. The minimum absolute atomic E-state index is 0.274. The van der Waals surface area contributed by atoms with Crippen molar-refractivity contribution in [3.05, 3.63) is 29.3 Å². The summed E-state index contributed by atoms with van der Waals surface area (Å²) in [5.74, 6) is -1.29. The second kappa shape index (κ2) is 4.45. The van der Waals surface area contributed by atoms with Crippen LogP contribution in [0.15, 0.2) is 18.2 Å². The van der Waals surface area contributed by atoms with E-state index in [1.165, 1.54) is 17.5 Å². The van der Waals surface area contributed by atoms with Gasteiger partial charge in [0.1, 0.15) is 6.54 Å². The summed E-state index contributed by atoms with van der Waals surface area (Å²) in [6.07, 6.45) is 0.967. The molecule has 1 aliphatic rings. The minimum Gasteiger partial charge on any atom is -0.480 e. The van der Waals surface area contributed by atoms with Crippen LogP contribution in [0.1, 0.15) is 15.9 Å². The molecule has 0 fully saturated rings. The average molecular weight is 234 g/mol. The largest absolute Gasteiger partial charge is 0.480 e. The highest BCUT2D eigenvalue weighted by atomic mass is 16.4. The van der Waals surface area contributed by atoms with Gasteiger partial charge >= 0.3 is 5.97 Å². The van der Waals surface area contributed by atoms with Crippen molar-refractivity contribution in [3.63, 3.8) is 0 Å². The van der Waals surface area contributed by atoms with Gasteiger partial charge in [-0.05, 0) is 24.1 Å². The maximum Gasteiger partial charge on any atom is 0.323 e. The van der Waals surface area contributed by atoms with Gasteiger partial charge in [-0.1, -0.05) is 6.07 Å². The van der Waals surface area contributed by atoms with E-state index in [4.69, 9.17) is 5.11 Å². The smallest absolute Gasteiger partial charge is 0.323 e. The Morgan fingerprint density at radius 3 is 2.94 bits per heavy atom. The number of amides is 1. The van der Waals surface area contributed by atoms with Crippen LogP contribution >= 0.6 is 0 Å². The summed E-state index contributed by atoms with van der Waals surface area (Å²) in [5.41, 5.74) is 2.68. The Morgan fingerprint density at radius 1 is 1.47 bits per heavy atom. The molecule has 0 radical (unpaired) electrons. The number of rotatable bonds is 3. The molecule has 0 aromatic heterocycles. The van der Waals surface area contributed by atoms with E-state index in [1.807, 2.05) is 6.07 Å². The van der Waals surface area contributed by atoms with Crippen molar-refractivity contribution < 1.29 is 14.7 Å². The number of carbonyl (C=O) groups is 2. The summed E-state index contributed by atoms with van der Waals surface area (Å²) in [6.45, 7) is 0.599. The Hall–Kier alpha value is -2.04. The van der Waals surface area contributed by atoms with Crippen LogP contribution in [0.2, 0.25) is 0 Å². The van der Waals surface area contributed by atoms with Crippen LogP contribution in [0.25, 0.3) is 0 Å². The van der Waals surface area contributed by atoms with Crippen molar-refractivity contribution >= 4 is 17.6 Å². The Balaban J connectivity index is 2.17. The third-order valence-corrected chi connectivity index (χ3v) is 2.79. The number of carboxylic acids is 1. The summed E-state index contributed by atoms with van der Waals surface area (Å²) in [4.78, 5) is 23.6. The zero-order valence-corrected chi connectivity index (χ0v) is 9.56. The normalized spacial score (nSPS) is 12.8. The average Bonchev–Trinajstić information content (AvgIpc) is 2.73. The predicted molar refractivity (Wildman–Crippen MR) is 63.2 cm³/mol. The number of likely N-dealkylation sites (N-methyl/N-ethyl adjacent to an activating group) is 1. The SMILES string of the molecule is CN(CC(=O)O)C(=O)c1ccc2c(c1)NCC2. The van der Waals surface area contributed by atoms with E-state index in [0.29, 0.717) is 5.56 Å². The lowest BCUT2D eigenvalue weighted by atomic mass is 10.1. The summed E-state index contributed by atoms with van der Waals surface area (Å²) in [6, 6.07) is 5.44. The van der Waals surface area contributed by atoms with E-state index in [9.17, 15) is 9.59 Å². The molecule has 1 aromatic carbocycles. The molecule has 2 rings (SSSR count). The van der Waals surface area contributed by atoms with Gasteiger partial charge in [-0.25, -0.2) is 0 Å². The Labute approximate surface area is 99.0 Å². The van der Waals surface area contributed by atoms with Crippen molar-refractivity contribution in [2.75, 3.05) is 25.5 Å². The first-order valence-corrected chi connectivity index (χ1v) is 5.42. The molecule has 5 nitrogen and oxygen atoms in total. The maximum absolute atomic E-state index is 11.9. The first-order chi connectivity index (χ1) is 8.08. The molecule has 0 aliphatic carbocycles. The maximum atomic E-state index is 11.9. The minimum atomic E-state index is -1.01. The van der Waals surface area contributed by atoms with E-state index in [2.05, 4.69) is 5.32 Å². The van der Waals surface area contributed by atoms with E-state index < -0.39 is 5.97 Å². The Morgan fingerprint density at radius 2 is 2.24 bits per heavy atom. The lowest BCUT2D eigenvalue weighted by molar-refractivity contribution is -0.137. The van der Waals surface area contributed by atoms with E-state index in [-0.39, 0.29) is 12.5 Å². The van der Waals surface area contributed by atoms with Crippen LogP contribution in [-0.4, -0.2) is 42.0 Å². The van der Waals surface area contributed by atoms with Crippen molar-refractivity contribution in [1.29, 1.82) is 0 Å². The number of hydrogen-bond acceptors (Lipinski definition) is 3. The fourth-order valence-electron chi connectivity index (χ4n) is 1.92. The number of fused-ring (bicyclic) bond motifs is 1. The first kappa shape index (κ1) is 11.4. The first-order valence-electron chi connectivity index (χ1n) is 5.42. The molecule has 1 heterocycles. The van der Waals surface area contributed by atoms with Gasteiger partial charge in [-0.2, -0.15) is 0 Å². The van der Waals surface area contributed by atoms with Crippen LogP contribution in [0.5, 0.6) is 0 Å². The third-order valence-electron chi connectivity index (χ3n) is 2.79. The second-order valence-electron chi connectivity index (χ2n) is 4.10. The van der Waals surface area contributed by atoms with Gasteiger partial charge in [-0.15, -0.1) is 0 Å². The molecule has 0 spiro atoms. The number of aliphatic carboxylic acids is 1. The summed E-state index contributed by atoms with van der Waals surface area (Å²) >= 11 is 0. The molecular weight excluding hydrogens is 220 g/mol. The third kappa shape index (κ3) is 2.38. The summed E-state index contributed by atoms with van der Waals surface area (Å²) in [7, 11) is 1.48. The molecule has 17 heavy (non-hydrogen) atoms. The summed E-state index contributed by atoms with van der Waals surface area (Å²) in [5, 5.41) is 11.8. The molecule has 0 atom stereocenters. The van der Waals surface area contributed by atoms with Crippen LogP contribution in [-0.2, 0) is 11.2 Å². The molecule has 0 saturated heterocycles. The highest BCUT2D eigenvalue weighted by molar-refractivity contribution is 5.96. The van der Waals surface area contributed by atoms with Crippen LogP contribution in [0, 0.1) is 0 Å². The van der Waals surface area contributed by atoms with Gasteiger partial charge < -0.3 is 15.3 Å². The number of anilines is 1. The number of carbonyl (C=O) groups excluding carboxylic acids is 1. The van der Waals surface area contributed by atoms with Gasteiger partial charge in [0.15, 0.2) is 0 Å². The topological polar surface area (TPSA) is 69.6 Å². The highest BCUT2D eigenvalue weighted by Gasteiger charge is 2.17. The van der Waals surface area contributed by atoms with Crippen molar-refractivity contribution in [2.45, 2.75) is 6.42 Å². The number of carboxylic acid groups (broad SMARTS) is 1. The summed E-state index contributed by atoms with van der Waals surface area (Å²) < 4.78 is 0. The van der Waals surface area contributed by atoms with Gasteiger partial charge in [0.2, 0.25) is 0 Å². The van der Waals surface area contributed by atoms with Crippen molar-refractivity contribution in [2.24, 2.45) is 0 Å². The van der Waals surface area contributed by atoms with Crippen molar-refractivity contribution in [3.8, 4) is 0 Å². The molecular formula is C12H14N2O3. The second-order valence-corrected chi connectivity index (χ2v) is 4.10. The van der Waals surface area contributed by atoms with Crippen LogP contribution < -0.4 is 5.32 Å². The van der Waals surface area contributed by atoms with Gasteiger partial charge in [-0.3, -0.25) is 9.59 Å². The molecule has 1 amide bonds. The predicted octanol–water partition coefficient (Wildman–Crippen LogP) is 0.811. The molecule has 1 aliphatic heterocycles. The molecule has 90 valence electrons. The van der Waals surface area contributed by atoms with Gasteiger partial charge in [0, 0.05) is 24.8 Å². The van der Waals surface area contributed by atoms with Crippen LogP contribution in [0.4, 0.5) is 5.69 Å². The van der Waals surface area contributed by atoms with Crippen LogP contribution in [0.3, 0.4) is 0 Å².